The molecule has 0 heterocycles. The summed E-state index contributed by atoms with van der Waals surface area (Å²) in [6, 6.07) is 21.3. The van der Waals surface area contributed by atoms with E-state index in [0.29, 0.717) is 11.4 Å². The number of carbonyl (C=O) groups is 2. The maximum atomic E-state index is 14.0. The van der Waals surface area contributed by atoms with Gasteiger partial charge in [-0.05, 0) is 62.1 Å². The molecule has 0 radical (unpaired) electrons. The first kappa shape index (κ1) is 30.2. The lowest BCUT2D eigenvalue weighted by Gasteiger charge is -2.33. The van der Waals surface area contributed by atoms with Crippen molar-refractivity contribution in [1.29, 1.82) is 0 Å². The van der Waals surface area contributed by atoms with Gasteiger partial charge in [0.25, 0.3) is 10.0 Å². The minimum absolute atomic E-state index is 0.0469. The van der Waals surface area contributed by atoms with Crippen LogP contribution in [0.4, 0.5) is 5.69 Å². The van der Waals surface area contributed by atoms with E-state index in [1.807, 2.05) is 58.0 Å². The van der Waals surface area contributed by atoms with Crippen LogP contribution in [-0.4, -0.2) is 43.8 Å². The first-order valence-corrected chi connectivity index (χ1v) is 14.9. The molecule has 0 aliphatic carbocycles. The van der Waals surface area contributed by atoms with E-state index in [-0.39, 0.29) is 29.1 Å². The Hall–Kier alpha value is -3.36. The first-order valence-electron chi connectivity index (χ1n) is 13.1. The molecule has 9 heteroatoms. The van der Waals surface area contributed by atoms with E-state index >= 15 is 0 Å². The molecule has 0 fully saturated rings. The van der Waals surface area contributed by atoms with Crippen LogP contribution in [-0.2, 0) is 26.2 Å². The minimum atomic E-state index is -4.13. The number of aryl methyl sites for hydroxylation is 1. The number of hydrogen-bond acceptors (Lipinski definition) is 4. The first-order chi connectivity index (χ1) is 18.6. The van der Waals surface area contributed by atoms with Crippen LogP contribution >= 0.6 is 11.6 Å². The molecular weight excluding hydrogens is 534 g/mol. The van der Waals surface area contributed by atoms with Gasteiger partial charge in [0.2, 0.25) is 11.8 Å². The van der Waals surface area contributed by atoms with E-state index in [1.54, 1.807) is 36.4 Å². The number of sulfonamides is 1. The van der Waals surface area contributed by atoms with Gasteiger partial charge >= 0.3 is 0 Å². The summed E-state index contributed by atoms with van der Waals surface area (Å²) in [4.78, 5) is 28.8. The molecule has 0 spiro atoms. The second-order valence-corrected chi connectivity index (χ2v) is 11.8. The molecule has 1 N–H and O–H groups in total. The summed E-state index contributed by atoms with van der Waals surface area (Å²) in [6.45, 7) is 7.18. The predicted molar refractivity (Wildman–Crippen MR) is 156 cm³/mol. The third-order valence-corrected chi connectivity index (χ3v) is 8.83. The molecule has 0 bridgehead atoms. The van der Waals surface area contributed by atoms with Gasteiger partial charge in [0.05, 0.1) is 10.6 Å². The van der Waals surface area contributed by atoms with Crippen molar-refractivity contribution >= 4 is 39.1 Å². The molecule has 2 atom stereocenters. The lowest BCUT2D eigenvalue weighted by Crippen LogP contribution is -2.53. The van der Waals surface area contributed by atoms with Gasteiger partial charge in [-0.3, -0.25) is 13.9 Å². The van der Waals surface area contributed by atoms with Crippen LogP contribution in [0.25, 0.3) is 0 Å². The SMILES string of the molecule is CC[C@@H](C)NC(=O)[C@@H](CC)N(Cc1ccccc1)C(=O)CN(c1ccc(C)c(Cl)c1)S(=O)(=O)c1ccccc1. The van der Waals surface area contributed by atoms with Crippen molar-refractivity contribution in [3.05, 3.63) is 95.0 Å². The number of carbonyl (C=O) groups excluding carboxylic acids is 2. The summed E-state index contributed by atoms with van der Waals surface area (Å²) in [5, 5.41) is 3.36. The second kappa shape index (κ2) is 13.6. The summed E-state index contributed by atoms with van der Waals surface area (Å²) in [5.74, 6) is -0.770. The maximum Gasteiger partial charge on any atom is 0.264 e. The van der Waals surface area contributed by atoms with Crippen molar-refractivity contribution in [3.63, 3.8) is 0 Å². The van der Waals surface area contributed by atoms with Crippen LogP contribution in [0.15, 0.2) is 83.8 Å². The summed E-state index contributed by atoms with van der Waals surface area (Å²) in [7, 11) is -4.13. The Morgan fingerprint density at radius 2 is 1.54 bits per heavy atom. The molecule has 0 aliphatic heterocycles. The monoisotopic (exact) mass is 569 g/mol. The minimum Gasteiger partial charge on any atom is -0.352 e. The summed E-state index contributed by atoms with van der Waals surface area (Å²) in [5.41, 5.74) is 1.87. The summed E-state index contributed by atoms with van der Waals surface area (Å²) >= 11 is 6.37. The van der Waals surface area contributed by atoms with Crippen LogP contribution in [0.3, 0.4) is 0 Å². The van der Waals surface area contributed by atoms with Crippen LogP contribution in [0.5, 0.6) is 0 Å². The van der Waals surface area contributed by atoms with Crippen molar-refractivity contribution in [2.45, 2.75) is 64.1 Å². The summed E-state index contributed by atoms with van der Waals surface area (Å²) in [6.07, 6.45) is 1.11. The summed E-state index contributed by atoms with van der Waals surface area (Å²) < 4.78 is 28.7. The molecule has 7 nitrogen and oxygen atoms in total. The van der Waals surface area contributed by atoms with Crippen molar-refractivity contribution in [2.24, 2.45) is 0 Å². The zero-order valence-electron chi connectivity index (χ0n) is 22.8. The predicted octanol–water partition coefficient (Wildman–Crippen LogP) is 5.57. The highest BCUT2D eigenvalue weighted by Gasteiger charge is 2.34. The van der Waals surface area contributed by atoms with Crippen LogP contribution in [0.1, 0.15) is 44.7 Å². The standard InChI is InChI=1S/C30H36ClN3O4S/c1-5-23(4)32-30(36)28(6-2)33(20-24-13-9-7-10-14-24)29(35)21-34(25-18-17-22(3)27(31)19-25)39(37,38)26-15-11-8-12-16-26/h7-19,23,28H,5-6,20-21H2,1-4H3,(H,32,36)/t23-,28-/m1/s1. The van der Waals surface area contributed by atoms with Gasteiger partial charge in [-0.1, -0.05) is 80.0 Å². The molecule has 3 aromatic rings. The number of anilines is 1. The Balaban J connectivity index is 2.06. The molecular formula is C30H36ClN3O4S. The molecule has 2 amide bonds. The largest absolute Gasteiger partial charge is 0.352 e. The quantitative estimate of drug-likeness (QED) is 0.309. The zero-order chi connectivity index (χ0) is 28.6. The van der Waals surface area contributed by atoms with Gasteiger partial charge in [-0.25, -0.2) is 8.42 Å². The Kier molecular flexibility index (Phi) is 10.5. The van der Waals surface area contributed by atoms with Gasteiger partial charge in [0.1, 0.15) is 12.6 Å². The molecule has 0 aromatic heterocycles. The molecule has 39 heavy (non-hydrogen) atoms. The Morgan fingerprint density at radius 1 is 0.923 bits per heavy atom. The smallest absolute Gasteiger partial charge is 0.264 e. The zero-order valence-corrected chi connectivity index (χ0v) is 24.4. The van der Waals surface area contributed by atoms with E-state index in [2.05, 4.69) is 5.32 Å². The van der Waals surface area contributed by atoms with Gasteiger partial charge in [0.15, 0.2) is 0 Å². The maximum absolute atomic E-state index is 14.0. The highest BCUT2D eigenvalue weighted by Crippen LogP contribution is 2.28. The number of rotatable bonds is 12. The number of halogens is 1. The molecule has 208 valence electrons. The van der Waals surface area contributed by atoms with Gasteiger partial charge in [0, 0.05) is 17.6 Å². The Labute approximate surface area is 236 Å². The Morgan fingerprint density at radius 3 is 2.10 bits per heavy atom. The van der Waals surface area contributed by atoms with Gasteiger partial charge < -0.3 is 10.2 Å². The van der Waals surface area contributed by atoms with Crippen LogP contribution < -0.4 is 9.62 Å². The second-order valence-electron chi connectivity index (χ2n) is 9.51. The number of nitrogens with one attached hydrogen (secondary N) is 1. The third kappa shape index (κ3) is 7.61. The van der Waals surface area contributed by atoms with Crippen LogP contribution in [0, 0.1) is 6.92 Å². The fourth-order valence-electron chi connectivity index (χ4n) is 4.13. The average molecular weight is 570 g/mol. The topological polar surface area (TPSA) is 86.8 Å². The van der Waals surface area contributed by atoms with E-state index in [1.165, 1.54) is 17.0 Å². The van der Waals surface area contributed by atoms with Crippen molar-refractivity contribution in [3.8, 4) is 0 Å². The molecule has 3 rings (SSSR count). The van der Waals surface area contributed by atoms with Gasteiger partial charge in [-0.2, -0.15) is 0 Å². The molecule has 0 saturated heterocycles. The van der Waals surface area contributed by atoms with Crippen molar-refractivity contribution < 1.29 is 18.0 Å². The molecule has 0 aliphatic rings. The van der Waals surface area contributed by atoms with E-state index in [4.69, 9.17) is 11.6 Å². The number of hydrogen-bond donors (Lipinski definition) is 1. The average Bonchev–Trinajstić information content (AvgIpc) is 2.93. The lowest BCUT2D eigenvalue weighted by molar-refractivity contribution is -0.140. The fourth-order valence-corrected chi connectivity index (χ4v) is 5.73. The van der Waals surface area contributed by atoms with E-state index in [9.17, 15) is 18.0 Å². The van der Waals surface area contributed by atoms with E-state index < -0.39 is 28.5 Å². The number of nitrogens with zero attached hydrogens (tertiary/aromatic N) is 2. The normalized spacial score (nSPS) is 12.8. The molecule has 0 unspecified atom stereocenters. The fraction of sp³-hybridized carbons (Fsp3) is 0.333. The van der Waals surface area contributed by atoms with Crippen molar-refractivity contribution in [1.82, 2.24) is 10.2 Å². The van der Waals surface area contributed by atoms with Crippen LogP contribution in [0.2, 0.25) is 5.02 Å². The lowest BCUT2D eigenvalue weighted by atomic mass is 10.1. The molecule has 3 aromatic carbocycles. The van der Waals surface area contributed by atoms with Gasteiger partial charge in [-0.15, -0.1) is 0 Å². The highest BCUT2D eigenvalue weighted by molar-refractivity contribution is 7.92. The number of amides is 2. The van der Waals surface area contributed by atoms with Crippen molar-refractivity contribution in [2.75, 3.05) is 10.8 Å². The van der Waals surface area contributed by atoms with E-state index in [0.717, 1.165) is 21.9 Å². The number of benzene rings is 3. The Bertz CT molecular complexity index is 1370. The highest BCUT2D eigenvalue weighted by atomic mass is 35.5. The molecule has 0 saturated carbocycles. The third-order valence-electron chi connectivity index (χ3n) is 6.64.